The van der Waals surface area contributed by atoms with Gasteiger partial charge in [-0.15, -0.1) is 0 Å². The van der Waals surface area contributed by atoms with Gasteiger partial charge in [0.05, 0.1) is 13.4 Å². The van der Waals surface area contributed by atoms with E-state index in [1.165, 1.54) is 0 Å². The van der Waals surface area contributed by atoms with Crippen LogP contribution in [0.25, 0.3) is 11.0 Å². The van der Waals surface area contributed by atoms with Gasteiger partial charge in [-0.05, 0) is 38.5 Å². The van der Waals surface area contributed by atoms with Gasteiger partial charge >= 0.3 is 0 Å². The fraction of sp³-hybridized carbons (Fsp3) is 0. The van der Waals surface area contributed by atoms with Gasteiger partial charge in [-0.3, -0.25) is 0 Å². The Hall–Kier alpha value is 0.190. The summed E-state index contributed by atoms with van der Waals surface area (Å²) in [4.78, 5) is 4.01. The van der Waals surface area contributed by atoms with Gasteiger partial charge in [0.15, 0.2) is 5.58 Å². The van der Waals surface area contributed by atoms with E-state index in [4.69, 9.17) is 16.0 Å². The number of pyridine rings is 1. The molecule has 0 atom stereocenters. The summed E-state index contributed by atoms with van der Waals surface area (Å²) in [5, 5.41) is 1.30. The van der Waals surface area contributed by atoms with Crippen LogP contribution < -0.4 is 0 Å². The molecule has 0 aliphatic rings. The molecule has 0 radical (unpaired) electrons. The number of nitrogens with zero attached hydrogens (tertiary/aromatic N) is 1. The fourth-order valence-electron chi connectivity index (χ4n) is 0.941. The van der Waals surface area contributed by atoms with Crippen molar-refractivity contribution < 1.29 is 4.42 Å². The summed E-state index contributed by atoms with van der Waals surface area (Å²) in [6, 6.07) is 0. The van der Waals surface area contributed by atoms with E-state index in [9.17, 15) is 0 Å². The molecule has 0 aromatic carbocycles. The lowest BCUT2D eigenvalue weighted by Gasteiger charge is -1.93. The van der Waals surface area contributed by atoms with Gasteiger partial charge in [-0.25, -0.2) is 4.98 Å². The second-order valence-corrected chi connectivity index (χ2v) is 4.56. The zero-order chi connectivity index (χ0) is 8.72. The minimum Gasteiger partial charge on any atom is -0.462 e. The van der Waals surface area contributed by atoms with Crippen LogP contribution in [-0.2, 0) is 0 Å². The van der Waals surface area contributed by atoms with Crippen molar-refractivity contribution in [3.05, 3.63) is 25.7 Å². The van der Waals surface area contributed by atoms with E-state index in [1.54, 1.807) is 12.5 Å². The van der Waals surface area contributed by atoms with Gasteiger partial charge in [0.2, 0.25) is 0 Å². The lowest BCUT2D eigenvalue weighted by molar-refractivity contribution is 0.611. The zero-order valence-electron chi connectivity index (χ0n) is 5.64. The molecule has 0 bridgehead atoms. The molecule has 0 saturated carbocycles. The summed E-state index contributed by atoms with van der Waals surface area (Å²) in [5.41, 5.74) is 0.780. The van der Waals surface area contributed by atoms with E-state index in [0.29, 0.717) is 5.15 Å². The highest BCUT2D eigenvalue weighted by Crippen LogP contribution is 2.33. The average Bonchev–Trinajstić information content (AvgIpc) is 2.42. The molecule has 0 unspecified atom stereocenters. The Kier molecular flexibility index (Phi) is 2.31. The minimum atomic E-state index is 0.464. The van der Waals surface area contributed by atoms with Gasteiger partial charge in [-0.2, -0.15) is 0 Å². The molecule has 0 saturated heterocycles. The first-order chi connectivity index (χ1) is 5.70. The molecular formula is C7H2BrClINO. The first kappa shape index (κ1) is 8.77. The Morgan fingerprint density at radius 1 is 1.58 bits per heavy atom. The number of rotatable bonds is 0. The maximum absolute atomic E-state index is 5.87. The van der Waals surface area contributed by atoms with Crippen molar-refractivity contribution in [1.29, 1.82) is 0 Å². The average molecular weight is 358 g/mol. The van der Waals surface area contributed by atoms with Crippen molar-refractivity contribution >= 4 is 61.1 Å². The highest BCUT2D eigenvalue weighted by atomic mass is 127. The predicted octanol–water partition coefficient (Wildman–Crippen LogP) is 3.85. The second kappa shape index (κ2) is 3.16. The molecule has 2 rings (SSSR count). The van der Waals surface area contributed by atoms with E-state index < -0.39 is 0 Å². The molecule has 5 heteroatoms. The maximum atomic E-state index is 5.87. The monoisotopic (exact) mass is 357 g/mol. The van der Waals surface area contributed by atoms with Gasteiger partial charge in [0, 0.05) is 6.20 Å². The van der Waals surface area contributed by atoms with Crippen molar-refractivity contribution in [2.24, 2.45) is 0 Å². The van der Waals surface area contributed by atoms with Gasteiger partial charge in [-0.1, -0.05) is 11.6 Å². The SMILES string of the molecule is Clc1ncc(I)c2occ(Br)c12. The molecule has 0 N–H and O–H groups in total. The highest BCUT2D eigenvalue weighted by Gasteiger charge is 2.11. The summed E-state index contributed by atoms with van der Waals surface area (Å²) < 4.78 is 7.08. The Bertz CT molecular complexity index is 442. The number of fused-ring (bicyclic) bond motifs is 1. The summed E-state index contributed by atoms with van der Waals surface area (Å²) in [5.74, 6) is 0. The minimum absolute atomic E-state index is 0.464. The van der Waals surface area contributed by atoms with E-state index in [2.05, 4.69) is 43.5 Å². The molecule has 2 nitrogen and oxygen atoms in total. The van der Waals surface area contributed by atoms with E-state index in [-0.39, 0.29) is 0 Å². The number of furan rings is 1. The van der Waals surface area contributed by atoms with E-state index >= 15 is 0 Å². The second-order valence-electron chi connectivity index (χ2n) is 2.18. The van der Waals surface area contributed by atoms with Crippen LogP contribution in [0.1, 0.15) is 0 Å². The first-order valence-electron chi connectivity index (χ1n) is 3.07. The molecule has 62 valence electrons. The Morgan fingerprint density at radius 2 is 2.33 bits per heavy atom. The van der Waals surface area contributed by atoms with Crippen molar-refractivity contribution in [2.75, 3.05) is 0 Å². The summed E-state index contributed by atoms with van der Waals surface area (Å²) >= 11 is 11.4. The molecule has 0 aliphatic heterocycles. The normalized spacial score (nSPS) is 10.9. The quantitative estimate of drug-likeness (QED) is 0.528. The molecule has 0 spiro atoms. The van der Waals surface area contributed by atoms with Crippen molar-refractivity contribution in [1.82, 2.24) is 4.98 Å². The van der Waals surface area contributed by atoms with Crippen molar-refractivity contribution in [3.63, 3.8) is 0 Å². The van der Waals surface area contributed by atoms with Crippen LogP contribution in [0.3, 0.4) is 0 Å². The smallest absolute Gasteiger partial charge is 0.153 e. The van der Waals surface area contributed by atoms with Crippen LogP contribution >= 0.6 is 50.1 Å². The summed E-state index contributed by atoms with van der Waals surface area (Å²) in [7, 11) is 0. The number of hydrogen-bond donors (Lipinski definition) is 0. The predicted molar refractivity (Wildman–Crippen MR) is 59.4 cm³/mol. The third kappa shape index (κ3) is 1.25. The largest absolute Gasteiger partial charge is 0.462 e. The molecule has 2 heterocycles. The Balaban J connectivity index is 2.98. The molecule has 12 heavy (non-hydrogen) atoms. The van der Waals surface area contributed by atoms with Gasteiger partial charge < -0.3 is 4.42 Å². The number of halogens is 3. The molecule has 0 amide bonds. The van der Waals surface area contributed by atoms with Crippen LogP contribution in [-0.4, -0.2) is 4.98 Å². The fourth-order valence-corrected chi connectivity index (χ4v) is 2.29. The third-order valence-electron chi connectivity index (χ3n) is 1.46. The maximum Gasteiger partial charge on any atom is 0.153 e. The molecule has 0 fully saturated rings. The third-order valence-corrected chi connectivity index (χ3v) is 3.10. The molecule has 0 aliphatic carbocycles. The van der Waals surface area contributed by atoms with E-state index in [1.807, 2.05) is 0 Å². The van der Waals surface area contributed by atoms with Crippen LogP contribution in [0, 0.1) is 3.57 Å². The van der Waals surface area contributed by atoms with Crippen LogP contribution in [0.15, 0.2) is 21.3 Å². The van der Waals surface area contributed by atoms with Gasteiger partial charge in [0.1, 0.15) is 11.4 Å². The Labute approximate surface area is 95.6 Å². The zero-order valence-corrected chi connectivity index (χ0v) is 10.1. The van der Waals surface area contributed by atoms with E-state index in [0.717, 1.165) is 19.0 Å². The van der Waals surface area contributed by atoms with Crippen LogP contribution in [0.5, 0.6) is 0 Å². The first-order valence-corrected chi connectivity index (χ1v) is 5.32. The lowest BCUT2D eigenvalue weighted by Crippen LogP contribution is -1.79. The number of aromatic nitrogens is 1. The Morgan fingerprint density at radius 3 is 3.00 bits per heavy atom. The molecule has 2 aromatic heterocycles. The highest BCUT2D eigenvalue weighted by molar-refractivity contribution is 14.1. The molecule has 2 aromatic rings. The summed E-state index contributed by atoms with van der Waals surface area (Å²) in [6.45, 7) is 0. The number of hydrogen-bond acceptors (Lipinski definition) is 2. The van der Waals surface area contributed by atoms with Crippen molar-refractivity contribution in [3.8, 4) is 0 Å². The lowest BCUT2D eigenvalue weighted by atomic mass is 10.3. The van der Waals surface area contributed by atoms with Crippen molar-refractivity contribution in [2.45, 2.75) is 0 Å². The summed E-state index contributed by atoms with van der Waals surface area (Å²) in [6.07, 6.45) is 3.29. The van der Waals surface area contributed by atoms with Crippen LogP contribution in [0.2, 0.25) is 5.15 Å². The standard InChI is InChI=1S/C7H2BrClINO/c8-3-2-12-6-4(10)1-11-7(9)5(3)6/h1-2H. The van der Waals surface area contributed by atoms with Crippen LogP contribution in [0.4, 0.5) is 0 Å². The topological polar surface area (TPSA) is 26.0 Å². The molecular weight excluding hydrogens is 356 g/mol. The van der Waals surface area contributed by atoms with Gasteiger partial charge in [0.25, 0.3) is 0 Å².